The maximum absolute atomic E-state index is 13.5. The minimum Gasteiger partial charge on any atom is -0.379 e. The molecule has 0 aromatic heterocycles. The van der Waals surface area contributed by atoms with Crippen LogP contribution in [0.4, 0.5) is 8.78 Å². The average Bonchev–Trinajstić information content (AvgIpc) is 2.25. The van der Waals surface area contributed by atoms with Crippen LogP contribution < -0.4 is 5.73 Å². The maximum Gasteiger partial charge on any atom is 0.131 e. The van der Waals surface area contributed by atoms with Crippen molar-refractivity contribution in [2.75, 3.05) is 7.11 Å². The zero-order valence-electron chi connectivity index (χ0n) is 9.54. The van der Waals surface area contributed by atoms with Crippen LogP contribution in [0.3, 0.4) is 0 Å². The van der Waals surface area contributed by atoms with Crippen LogP contribution in [-0.2, 0) is 4.74 Å². The van der Waals surface area contributed by atoms with Gasteiger partial charge in [0, 0.05) is 12.7 Å². The van der Waals surface area contributed by atoms with Crippen LogP contribution in [0, 0.1) is 11.6 Å². The molecule has 2 atom stereocenters. The lowest BCUT2D eigenvalue weighted by molar-refractivity contribution is 0.0704. The van der Waals surface area contributed by atoms with E-state index in [-0.39, 0.29) is 11.7 Å². The molecule has 1 aromatic rings. The summed E-state index contributed by atoms with van der Waals surface area (Å²) in [4.78, 5) is 0. The third kappa shape index (κ3) is 2.77. The third-order valence-electron chi connectivity index (χ3n) is 2.61. The van der Waals surface area contributed by atoms with E-state index in [0.29, 0.717) is 6.42 Å². The van der Waals surface area contributed by atoms with E-state index in [1.807, 2.05) is 6.92 Å². The molecule has 2 N–H and O–H groups in total. The first-order valence-corrected chi connectivity index (χ1v) is 5.34. The van der Waals surface area contributed by atoms with E-state index in [2.05, 4.69) is 0 Å². The van der Waals surface area contributed by atoms with E-state index in [1.54, 1.807) is 0 Å². The molecular weight excluding hydrogens is 212 g/mol. The van der Waals surface area contributed by atoms with Crippen LogP contribution in [0.15, 0.2) is 18.2 Å². The Balaban J connectivity index is 2.98. The molecule has 0 aliphatic rings. The summed E-state index contributed by atoms with van der Waals surface area (Å²) in [6.07, 6.45) is 1.16. The molecule has 0 fully saturated rings. The molecule has 1 rings (SSSR count). The summed E-state index contributed by atoms with van der Waals surface area (Å²) in [6, 6.07) is 2.96. The molecule has 0 radical (unpaired) electrons. The van der Waals surface area contributed by atoms with E-state index >= 15 is 0 Å². The summed E-state index contributed by atoms with van der Waals surface area (Å²) >= 11 is 0. The molecular formula is C12H17F2NO. The Morgan fingerprint density at radius 2 is 1.88 bits per heavy atom. The number of rotatable bonds is 5. The van der Waals surface area contributed by atoms with Gasteiger partial charge in [0.2, 0.25) is 0 Å². The normalized spacial score (nSPS) is 14.8. The van der Waals surface area contributed by atoms with Gasteiger partial charge < -0.3 is 10.5 Å². The molecule has 1 aromatic carbocycles. The zero-order valence-corrected chi connectivity index (χ0v) is 9.54. The number of ether oxygens (including phenoxy) is 1. The van der Waals surface area contributed by atoms with Crippen LogP contribution in [0.1, 0.15) is 31.4 Å². The lowest BCUT2D eigenvalue weighted by Gasteiger charge is -2.23. The molecule has 0 amide bonds. The molecule has 0 bridgehead atoms. The van der Waals surface area contributed by atoms with E-state index < -0.39 is 17.7 Å². The predicted molar refractivity (Wildman–Crippen MR) is 59.0 cm³/mol. The Bertz CT molecular complexity index is 324. The van der Waals surface area contributed by atoms with Crippen LogP contribution in [-0.4, -0.2) is 13.2 Å². The van der Waals surface area contributed by atoms with E-state index in [4.69, 9.17) is 10.5 Å². The van der Waals surface area contributed by atoms with Crippen LogP contribution >= 0.6 is 0 Å². The van der Waals surface area contributed by atoms with Gasteiger partial charge in [-0.25, -0.2) is 8.78 Å². The Morgan fingerprint density at radius 3 is 2.31 bits per heavy atom. The van der Waals surface area contributed by atoms with Crippen LogP contribution in [0.25, 0.3) is 0 Å². The molecule has 2 unspecified atom stereocenters. The lowest BCUT2D eigenvalue weighted by atomic mass is 9.98. The van der Waals surface area contributed by atoms with Gasteiger partial charge in [-0.2, -0.15) is 0 Å². The SMILES string of the molecule is CCCC(OC)C(N)c1c(F)cccc1F. The van der Waals surface area contributed by atoms with Gasteiger partial charge in [0.1, 0.15) is 11.6 Å². The second-order valence-electron chi connectivity index (χ2n) is 3.72. The minimum absolute atomic E-state index is 0.0946. The first kappa shape index (κ1) is 13.1. The molecule has 2 nitrogen and oxygen atoms in total. The molecule has 0 aliphatic carbocycles. The fourth-order valence-corrected chi connectivity index (χ4v) is 1.74. The first-order chi connectivity index (χ1) is 7.61. The largest absolute Gasteiger partial charge is 0.379 e. The number of nitrogens with two attached hydrogens (primary N) is 1. The van der Waals surface area contributed by atoms with Crippen molar-refractivity contribution < 1.29 is 13.5 Å². The molecule has 0 saturated carbocycles. The number of hydrogen-bond acceptors (Lipinski definition) is 2. The Labute approximate surface area is 94.4 Å². The highest BCUT2D eigenvalue weighted by Crippen LogP contribution is 2.24. The van der Waals surface area contributed by atoms with Crippen LogP contribution in [0.5, 0.6) is 0 Å². The van der Waals surface area contributed by atoms with Gasteiger partial charge in [0.15, 0.2) is 0 Å². The van der Waals surface area contributed by atoms with E-state index in [0.717, 1.165) is 6.42 Å². The summed E-state index contributed by atoms with van der Waals surface area (Å²) in [5, 5.41) is 0. The number of hydrogen-bond donors (Lipinski definition) is 1. The fraction of sp³-hybridized carbons (Fsp3) is 0.500. The second-order valence-corrected chi connectivity index (χ2v) is 3.72. The lowest BCUT2D eigenvalue weighted by Crippen LogP contribution is -2.29. The molecule has 0 heterocycles. The smallest absolute Gasteiger partial charge is 0.131 e. The van der Waals surface area contributed by atoms with E-state index in [9.17, 15) is 8.78 Å². The third-order valence-corrected chi connectivity index (χ3v) is 2.61. The van der Waals surface area contributed by atoms with Crippen LogP contribution in [0.2, 0.25) is 0 Å². The molecule has 4 heteroatoms. The molecule has 0 aliphatic heterocycles. The van der Waals surface area contributed by atoms with Gasteiger partial charge in [-0.3, -0.25) is 0 Å². The fourth-order valence-electron chi connectivity index (χ4n) is 1.74. The van der Waals surface area contributed by atoms with Gasteiger partial charge in [0.25, 0.3) is 0 Å². The highest BCUT2D eigenvalue weighted by Gasteiger charge is 2.24. The number of methoxy groups -OCH3 is 1. The molecule has 16 heavy (non-hydrogen) atoms. The standard InChI is InChI=1S/C12H17F2NO/c1-3-5-10(16-2)12(15)11-8(13)6-4-7-9(11)14/h4,6-7,10,12H,3,5,15H2,1-2H3. The van der Waals surface area contributed by atoms with Crippen molar-refractivity contribution in [1.29, 1.82) is 0 Å². The maximum atomic E-state index is 13.5. The first-order valence-electron chi connectivity index (χ1n) is 5.34. The summed E-state index contributed by atoms with van der Waals surface area (Å²) in [6.45, 7) is 1.97. The second kappa shape index (κ2) is 5.92. The quantitative estimate of drug-likeness (QED) is 0.842. The average molecular weight is 229 g/mol. The number of halogens is 2. The van der Waals surface area contributed by atoms with Crippen molar-refractivity contribution in [3.05, 3.63) is 35.4 Å². The van der Waals surface area contributed by atoms with Gasteiger partial charge in [0.05, 0.1) is 12.1 Å². The topological polar surface area (TPSA) is 35.2 Å². The summed E-state index contributed by atoms with van der Waals surface area (Å²) < 4.78 is 32.1. The Kier molecular flexibility index (Phi) is 4.83. The zero-order chi connectivity index (χ0) is 12.1. The Morgan fingerprint density at radius 1 is 1.31 bits per heavy atom. The van der Waals surface area contributed by atoms with Crippen molar-refractivity contribution in [1.82, 2.24) is 0 Å². The van der Waals surface area contributed by atoms with Crippen molar-refractivity contribution >= 4 is 0 Å². The minimum atomic E-state index is -0.772. The highest BCUT2D eigenvalue weighted by atomic mass is 19.1. The monoisotopic (exact) mass is 229 g/mol. The van der Waals surface area contributed by atoms with Gasteiger partial charge in [-0.05, 0) is 18.6 Å². The molecule has 90 valence electrons. The number of benzene rings is 1. The van der Waals surface area contributed by atoms with Crippen molar-refractivity contribution in [3.8, 4) is 0 Å². The summed E-state index contributed by atoms with van der Waals surface area (Å²) in [7, 11) is 1.50. The van der Waals surface area contributed by atoms with Gasteiger partial charge in [-0.1, -0.05) is 19.4 Å². The van der Waals surface area contributed by atoms with Crippen molar-refractivity contribution in [2.45, 2.75) is 31.9 Å². The van der Waals surface area contributed by atoms with E-state index in [1.165, 1.54) is 25.3 Å². The Hall–Kier alpha value is -1.00. The molecule has 0 spiro atoms. The van der Waals surface area contributed by atoms with Gasteiger partial charge in [-0.15, -0.1) is 0 Å². The van der Waals surface area contributed by atoms with Crippen molar-refractivity contribution in [3.63, 3.8) is 0 Å². The van der Waals surface area contributed by atoms with Crippen molar-refractivity contribution in [2.24, 2.45) is 5.73 Å². The summed E-state index contributed by atoms with van der Waals surface area (Å²) in [5.74, 6) is -1.24. The highest BCUT2D eigenvalue weighted by molar-refractivity contribution is 5.24. The predicted octanol–water partition coefficient (Wildman–Crippen LogP) is 2.78. The summed E-state index contributed by atoms with van der Waals surface area (Å²) in [5.41, 5.74) is 5.74. The molecule has 0 saturated heterocycles. The van der Waals surface area contributed by atoms with Gasteiger partial charge >= 0.3 is 0 Å².